The second kappa shape index (κ2) is 9.57. The number of likely N-dealkylation sites (N-methyl/N-ethyl adjacent to an activating group) is 1. The predicted molar refractivity (Wildman–Crippen MR) is 125 cm³/mol. The van der Waals surface area contributed by atoms with Crippen molar-refractivity contribution in [3.8, 4) is 5.75 Å². The fourth-order valence-corrected chi connectivity index (χ4v) is 4.88. The summed E-state index contributed by atoms with van der Waals surface area (Å²) in [5, 5.41) is 3.07. The second-order valence-corrected chi connectivity index (χ2v) is 8.68. The molecule has 2 aliphatic rings. The van der Waals surface area contributed by atoms with Crippen molar-refractivity contribution in [3.05, 3.63) is 71.8 Å². The number of amides is 3. The summed E-state index contributed by atoms with van der Waals surface area (Å²) in [6, 6.07) is 17.7. The molecule has 2 aliphatic heterocycles. The van der Waals surface area contributed by atoms with Crippen molar-refractivity contribution in [1.82, 2.24) is 15.1 Å². The number of nitrogens with zero attached hydrogens (tertiary/aromatic N) is 2. The highest BCUT2D eigenvalue weighted by Crippen LogP contribution is 2.36. The van der Waals surface area contributed by atoms with E-state index in [4.69, 9.17) is 4.74 Å². The molecule has 2 aromatic rings. The van der Waals surface area contributed by atoms with Crippen LogP contribution in [-0.2, 0) is 11.2 Å². The zero-order chi connectivity index (χ0) is 22.6. The highest BCUT2D eigenvalue weighted by atomic mass is 16.5. The van der Waals surface area contributed by atoms with Gasteiger partial charge in [-0.05, 0) is 55.1 Å². The van der Waals surface area contributed by atoms with E-state index < -0.39 is 5.54 Å². The van der Waals surface area contributed by atoms with E-state index in [0.29, 0.717) is 6.42 Å². The second-order valence-electron chi connectivity index (χ2n) is 8.68. The van der Waals surface area contributed by atoms with E-state index in [-0.39, 0.29) is 17.9 Å². The summed E-state index contributed by atoms with van der Waals surface area (Å²) in [4.78, 5) is 29.4. The molecular weight excluding hydrogens is 402 g/mol. The summed E-state index contributed by atoms with van der Waals surface area (Å²) in [6.45, 7) is 2.68. The van der Waals surface area contributed by atoms with Crippen LogP contribution in [0, 0.1) is 5.92 Å². The summed E-state index contributed by atoms with van der Waals surface area (Å²) in [7, 11) is 3.20. The van der Waals surface area contributed by atoms with E-state index in [1.165, 1.54) is 10.5 Å². The summed E-state index contributed by atoms with van der Waals surface area (Å²) < 4.78 is 5.35. The number of piperidine rings is 1. The topological polar surface area (TPSA) is 61.9 Å². The Labute approximate surface area is 189 Å². The van der Waals surface area contributed by atoms with E-state index >= 15 is 0 Å². The zero-order valence-electron chi connectivity index (χ0n) is 18.8. The Hall–Kier alpha value is -3.12. The molecule has 1 atom stereocenters. The molecule has 1 N–H and O–H groups in total. The van der Waals surface area contributed by atoms with Gasteiger partial charge in [-0.2, -0.15) is 0 Å². The van der Waals surface area contributed by atoms with Crippen LogP contribution >= 0.6 is 0 Å². The molecule has 0 radical (unpaired) electrons. The average molecular weight is 434 g/mol. The van der Waals surface area contributed by atoms with Gasteiger partial charge in [-0.25, -0.2) is 4.79 Å². The van der Waals surface area contributed by atoms with Gasteiger partial charge in [0.05, 0.1) is 7.11 Å². The molecule has 0 aliphatic carbocycles. The molecule has 3 amide bonds. The van der Waals surface area contributed by atoms with Crippen molar-refractivity contribution in [2.24, 2.45) is 5.92 Å². The van der Waals surface area contributed by atoms with E-state index in [9.17, 15) is 9.59 Å². The molecule has 6 heteroatoms. The first-order chi connectivity index (χ1) is 15.5. The summed E-state index contributed by atoms with van der Waals surface area (Å²) in [5.41, 5.74) is 1.29. The third-order valence-corrected chi connectivity index (χ3v) is 6.70. The normalized spacial score (nSPS) is 22.5. The summed E-state index contributed by atoms with van der Waals surface area (Å²) in [5.74, 6) is 0.708. The van der Waals surface area contributed by atoms with Crippen LogP contribution in [0.25, 0.3) is 6.08 Å². The summed E-state index contributed by atoms with van der Waals surface area (Å²) >= 11 is 0. The number of likely N-dealkylation sites (tertiary alicyclic amines) is 1. The van der Waals surface area contributed by atoms with Crippen LogP contribution < -0.4 is 10.1 Å². The molecule has 1 unspecified atom stereocenters. The Balaban J connectivity index is 1.45. The number of carbonyl (C=O) groups is 2. The van der Waals surface area contributed by atoms with Crippen molar-refractivity contribution in [3.63, 3.8) is 0 Å². The van der Waals surface area contributed by atoms with Gasteiger partial charge in [0.15, 0.2) is 0 Å². The third-order valence-electron chi connectivity index (χ3n) is 6.70. The largest absolute Gasteiger partial charge is 0.497 e. The highest BCUT2D eigenvalue weighted by molar-refractivity contribution is 6.07. The fraction of sp³-hybridized carbons (Fsp3) is 0.385. The molecule has 2 saturated heterocycles. The number of rotatable bonds is 7. The van der Waals surface area contributed by atoms with Crippen LogP contribution in [0.2, 0.25) is 0 Å². The van der Waals surface area contributed by atoms with Crippen LogP contribution in [0.3, 0.4) is 0 Å². The standard InChI is InChI=1S/C26H31N3O3/c1-28-24(30)26(27-25(28)31,19-21-10-6-12-23(18-21)32-2)22-13-16-29(17-14-22)15-7-11-20-8-4-3-5-9-20/h3-12,18,22H,13-17,19H2,1-2H3,(H,27,31)/b11-7+. The molecule has 32 heavy (non-hydrogen) atoms. The molecular formula is C26H31N3O3. The van der Waals surface area contributed by atoms with Crippen LogP contribution in [0.15, 0.2) is 60.7 Å². The lowest BCUT2D eigenvalue weighted by Crippen LogP contribution is -2.57. The highest BCUT2D eigenvalue weighted by Gasteiger charge is 2.54. The molecule has 168 valence electrons. The number of hydrogen-bond acceptors (Lipinski definition) is 4. The molecule has 4 rings (SSSR count). The van der Waals surface area contributed by atoms with Crippen LogP contribution in [0.5, 0.6) is 5.75 Å². The molecule has 6 nitrogen and oxygen atoms in total. The maximum Gasteiger partial charge on any atom is 0.324 e. The van der Waals surface area contributed by atoms with Gasteiger partial charge < -0.3 is 10.1 Å². The van der Waals surface area contributed by atoms with E-state index in [0.717, 1.165) is 43.8 Å². The number of urea groups is 1. The molecule has 2 fully saturated rings. The number of hydrogen-bond donors (Lipinski definition) is 1. The minimum atomic E-state index is -0.899. The minimum Gasteiger partial charge on any atom is -0.497 e. The Morgan fingerprint density at radius 2 is 1.84 bits per heavy atom. The first kappa shape index (κ1) is 22.1. The van der Waals surface area contributed by atoms with Gasteiger partial charge >= 0.3 is 6.03 Å². The average Bonchev–Trinajstić information content (AvgIpc) is 3.04. The Morgan fingerprint density at radius 3 is 2.50 bits per heavy atom. The van der Waals surface area contributed by atoms with Crippen LogP contribution in [0.1, 0.15) is 24.0 Å². The molecule has 0 spiro atoms. The number of imide groups is 1. The van der Waals surface area contributed by atoms with Crippen LogP contribution in [0.4, 0.5) is 4.79 Å². The molecule has 0 aromatic heterocycles. The van der Waals surface area contributed by atoms with Crippen molar-refractivity contribution < 1.29 is 14.3 Å². The maximum absolute atomic E-state index is 13.3. The van der Waals surface area contributed by atoms with E-state index in [2.05, 4.69) is 34.5 Å². The van der Waals surface area contributed by atoms with Gasteiger partial charge in [0.25, 0.3) is 5.91 Å². The number of carbonyl (C=O) groups excluding carboxylic acids is 2. The molecule has 2 heterocycles. The number of benzene rings is 2. The van der Waals surface area contributed by atoms with Crippen LogP contribution in [-0.4, -0.2) is 61.1 Å². The number of ether oxygens (including phenoxy) is 1. The lowest BCUT2D eigenvalue weighted by Gasteiger charge is -2.40. The monoisotopic (exact) mass is 433 g/mol. The first-order valence-corrected chi connectivity index (χ1v) is 11.2. The smallest absolute Gasteiger partial charge is 0.324 e. The van der Waals surface area contributed by atoms with E-state index in [1.54, 1.807) is 14.2 Å². The minimum absolute atomic E-state index is 0.0875. The fourth-order valence-electron chi connectivity index (χ4n) is 4.88. The van der Waals surface area contributed by atoms with Gasteiger partial charge in [-0.1, -0.05) is 54.6 Å². The van der Waals surface area contributed by atoms with Crippen molar-refractivity contribution in [1.29, 1.82) is 0 Å². The van der Waals surface area contributed by atoms with Crippen molar-refractivity contribution in [2.45, 2.75) is 24.8 Å². The van der Waals surface area contributed by atoms with Gasteiger partial charge in [-0.15, -0.1) is 0 Å². The van der Waals surface area contributed by atoms with Gasteiger partial charge in [0, 0.05) is 20.0 Å². The lowest BCUT2D eigenvalue weighted by atomic mass is 9.74. The quantitative estimate of drug-likeness (QED) is 0.678. The van der Waals surface area contributed by atoms with Crippen molar-refractivity contribution >= 4 is 18.0 Å². The Kier molecular flexibility index (Phi) is 6.61. The van der Waals surface area contributed by atoms with Gasteiger partial charge in [0.1, 0.15) is 11.3 Å². The summed E-state index contributed by atoms with van der Waals surface area (Å²) in [6.07, 6.45) is 6.54. The number of nitrogens with one attached hydrogen (secondary N) is 1. The molecule has 0 bridgehead atoms. The SMILES string of the molecule is COc1cccc(CC2(C3CCN(C/C=C/c4ccccc4)CC3)NC(=O)N(C)C2=O)c1. The Bertz CT molecular complexity index is 983. The van der Waals surface area contributed by atoms with E-state index in [1.807, 2.05) is 42.5 Å². The zero-order valence-corrected chi connectivity index (χ0v) is 18.8. The van der Waals surface area contributed by atoms with Gasteiger partial charge in [0.2, 0.25) is 0 Å². The third kappa shape index (κ3) is 4.55. The van der Waals surface area contributed by atoms with Gasteiger partial charge in [-0.3, -0.25) is 14.6 Å². The van der Waals surface area contributed by atoms with Crippen molar-refractivity contribution in [2.75, 3.05) is 33.8 Å². The first-order valence-electron chi connectivity index (χ1n) is 11.2. The number of methoxy groups -OCH3 is 1. The Morgan fingerprint density at radius 1 is 1.09 bits per heavy atom. The maximum atomic E-state index is 13.3. The predicted octanol–water partition coefficient (Wildman–Crippen LogP) is 3.58. The lowest BCUT2D eigenvalue weighted by molar-refractivity contribution is -0.133. The molecule has 0 saturated carbocycles. The molecule has 2 aromatic carbocycles.